The van der Waals surface area contributed by atoms with Crippen molar-refractivity contribution in [3.63, 3.8) is 0 Å². The summed E-state index contributed by atoms with van der Waals surface area (Å²) in [7, 11) is 0. The highest BCUT2D eigenvalue weighted by atomic mass is 79.9. The van der Waals surface area contributed by atoms with Gasteiger partial charge in [-0.2, -0.15) is 0 Å². The zero-order valence-corrected chi connectivity index (χ0v) is 13.7. The van der Waals surface area contributed by atoms with E-state index in [1.807, 2.05) is 12.1 Å². The second-order valence-corrected chi connectivity index (χ2v) is 7.01. The van der Waals surface area contributed by atoms with Crippen LogP contribution in [-0.2, 0) is 0 Å². The monoisotopic (exact) mass is 341 g/mol. The minimum atomic E-state index is -0.146. The summed E-state index contributed by atoms with van der Waals surface area (Å²) >= 11 is 5.25. The standard InChI is InChI=1S/C15H17BrFNS/c1-4-18-14(13-7-10(3)15(16)19-13)11-6-5-9(2)12(17)8-11/h5-8,14,18H,4H2,1-3H3. The summed E-state index contributed by atoms with van der Waals surface area (Å²) in [4.78, 5) is 1.20. The first-order valence-corrected chi connectivity index (χ1v) is 7.89. The lowest BCUT2D eigenvalue weighted by Crippen LogP contribution is -2.21. The van der Waals surface area contributed by atoms with Gasteiger partial charge < -0.3 is 5.32 Å². The molecule has 4 heteroatoms. The number of hydrogen-bond acceptors (Lipinski definition) is 2. The Morgan fingerprint density at radius 3 is 2.53 bits per heavy atom. The van der Waals surface area contributed by atoms with Crippen LogP contribution in [0.4, 0.5) is 4.39 Å². The zero-order chi connectivity index (χ0) is 14.0. The molecule has 2 rings (SSSR count). The summed E-state index contributed by atoms with van der Waals surface area (Å²) in [6, 6.07) is 7.67. The van der Waals surface area contributed by atoms with Crippen LogP contribution in [0.15, 0.2) is 28.1 Å². The predicted molar refractivity (Wildman–Crippen MR) is 83.4 cm³/mol. The SMILES string of the molecule is CCNC(c1ccc(C)c(F)c1)c1cc(C)c(Br)s1. The highest BCUT2D eigenvalue weighted by Gasteiger charge is 2.17. The average Bonchev–Trinajstić information content (AvgIpc) is 2.70. The molecule has 0 bridgehead atoms. The van der Waals surface area contributed by atoms with Crippen LogP contribution >= 0.6 is 27.3 Å². The highest BCUT2D eigenvalue weighted by molar-refractivity contribution is 9.11. The molecule has 2 aromatic rings. The quantitative estimate of drug-likeness (QED) is 0.828. The number of hydrogen-bond donors (Lipinski definition) is 1. The summed E-state index contributed by atoms with van der Waals surface area (Å²) in [5.41, 5.74) is 2.87. The van der Waals surface area contributed by atoms with Gasteiger partial charge in [0.05, 0.1) is 9.83 Å². The fraction of sp³-hybridized carbons (Fsp3) is 0.333. The topological polar surface area (TPSA) is 12.0 Å². The maximum atomic E-state index is 13.7. The van der Waals surface area contributed by atoms with Crippen LogP contribution in [0.2, 0.25) is 0 Å². The van der Waals surface area contributed by atoms with Crippen LogP contribution in [0.3, 0.4) is 0 Å². The Balaban J connectivity index is 2.41. The molecule has 0 amide bonds. The fourth-order valence-corrected chi connectivity index (χ4v) is 3.68. The van der Waals surface area contributed by atoms with E-state index < -0.39 is 0 Å². The van der Waals surface area contributed by atoms with Crippen LogP contribution in [0.1, 0.15) is 34.5 Å². The van der Waals surface area contributed by atoms with Gasteiger partial charge in [0.25, 0.3) is 0 Å². The molecule has 0 saturated carbocycles. The van der Waals surface area contributed by atoms with Crippen molar-refractivity contribution in [1.82, 2.24) is 5.32 Å². The number of aryl methyl sites for hydroxylation is 2. The van der Waals surface area contributed by atoms with Crippen LogP contribution < -0.4 is 5.32 Å². The van der Waals surface area contributed by atoms with Gasteiger partial charge >= 0.3 is 0 Å². The minimum Gasteiger partial charge on any atom is -0.306 e. The smallest absolute Gasteiger partial charge is 0.126 e. The molecule has 1 nitrogen and oxygen atoms in total. The Kier molecular flexibility index (Phi) is 4.76. The Bertz CT molecular complexity index is 560. The zero-order valence-electron chi connectivity index (χ0n) is 11.3. The second-order valence-electron chi connectivity index (χ2n) is 4.60. The molecule has 0 spiro atoms. The third-order valence-corrected chi connectivity index (χ3v) is 5.30. The number of rotatable bonds is 4. The molecule has 0 fully saturated rings. The lowest BCUT2D eigenvalue weighted by Gasteiger charge is -2.17. The van der Waals surface area contributed by atoms with Crippen LogP contribution in [0.5, 0.6) is 0 Å². The molecule has 1 aromatic heterocycles. The molecule has 102 valence electrons. The third kappa shape index (κ3) is 3.25. The Hall–Kier alpha value is -0.710. The Morgan fingerprint density at radius 1 is 1.26 bits per heavy atom. The Morgan fingerprint density at radius 2 is 2.00 bits per heavy atom. The van der Waals surface area contributed by atoms with Gasteiger partial charge in [0.2, 0.25) is 0 Å². The van der Waals surface area contributed by atoms with E-state index in [2.05, 4.69) is 41.2 Å². The van der Waals surface area contributed by atoms with Gasteiger partial charge in [0.15, 0.2) is 0 Å². The normalized spacial score (nSPS) is 12.7. The summed E-state index contributed by atoms with van der Waals surface area (Å²) < 4.78 is 14.9. The molecule has 0 radical (unpaired) electrons. The molecule has 0 aliphatic heterocycles. The van der Waals surface area contributed by atoms with Gasteiger partial charge in [-0.1, -0.05) is 19.1 Å². The molecule has 1 atom stereocenters. The van der Waals surface area contributed by atoms with Gasteiger partial charge in [-0.3, -0.25) is 0 Å². The lowest BCUT2D eigenvalue weighted by atomic mass is 10.0. The van der Waals surface area contributed by atoms with Crippen molar-refractivity contribution >= 4 is 27.3 Å². The average molecular weight is 342 g/mol. The predicted octanol–water partition coefficient (Wildman–Crippen LogP) is 4.97. The molecule has 0 aliphatic carbocycles. The van der Waals surface area contributed by atoms with Crippen molar-refractivity contribution in [2.45, 2.75) is 26.8 Å². The summed E-state index contributed by atoms with van der Waals surface area (Å²) in [5, 5.41) is 3.43. The fourth-order valence-electron chi connectivity index (χ4n) is 2.00. The van der Waals surface area contributed by atoms with Gasteiger partial charge in [-0.05, 0) is 65.1 Å². The number of halogens is 2. The van der Waals surface area contributed by atoms with Gasteiger partial charge in [0, 0.05) is 4.88 Å². The molecule has 19 heavy (non-hydrogen) atoms. The molecule has 1 N–H and O–H groups in total. The molecular weight excluding hydrogens is 325 g/mol. The first-order valence-electron chi connectivity index (χ1n) is 6.28. The van der Waals surface area contributed by atoms with E-state index in [4.69, 9.17) is 0 Å². The third-order valence-electron chi connectivity index (χ3n) is 3.10. The summed E-state index contributed by atoms with van der Waals surface area (Å²) in [6.07, 6.45) is 0. The minimum absolute atomic E-state index is 0.0510. The summed E-state index contributed by atoms with van der Waals surface area (Å²) in [5.74, 6) is -0.146. The first kappa shape index (κ1) is 14.7. The largest absolute Gasteiger partial charge is 0.306 e. The Labute approximate surface area is 126 Å². The van der Waals surface area contributed by atoms with Gasteiger partial charge in [-0.15, -0.1) is 11.3 Å². The van der Waals surface area contributed by atoms with Crippen molar-refractivity contribution in [1.29, 1.82) is 0 Å². The van der Waals surface area contributed by atoms with Gasteiger partial charge in [0.1, 0.15) is 5.82 Å². The van der Waals surface area contributed by atoms with E-state index in [0.29, 0.717) is 5.56 Å². The lowest BCUT2D eigenvalue weighted by molar-refractivity contribution is 0.600. The molecule has 0 aliphatic rings. The van der Waals surface area contributed by atoms with Crippen molar-refractivity contribution in [3.05, 3.63) is 55.4 Å². The van der Waals surface area contributed by atoms with E-state index in [-0.39, 0.29) is 11.9 Å². The van der Waals surface area contributed by atoms with E-state index in [1.165, 1.54) is 10.4 Å². The number of nitrogens with one attached hydrogen (secondary N) is 1. The molecule has 1 aromatic carbocycles. The van der Waals surface area contributed by atoms with Gasteiger partial charge in [-0.25, -0.2) is 4.39 Å². The van der Waals surface area contributed by atoms with E-state index in [9.17, 15) is 4.39 Å². The molecule has 0 saturated heterocycles. The highest BCUT2D eigenvalue weighted by Crippen LogP contribution is 2.34. The van der Waals surface area contributed by atoms with Crippen LogP contribution in [0.25, 0.3) is 0 Å². The summed E-state index contributed by atoms with van der Waals surface area (Å²) in [6.45, 7) is 6.76. The van der Waals surface area contributed by atoms with Crippen molar-refractivity contribution in [2.75, 3.05) is 6.54 Å². The van der Waals surface area contributed by atoms with E-state index >= 15 is 0 Å². The molecule has 1 heterocycles. The van der Waals surface area contributed by atoms with Crippen molar-refractivity contribution < 1.29 is 4.39 Å². The molecule has 1 unspecified atom stereocenters. The van der Waals surface area contributed by atoms with Crippen LogP contribution in [-0.4, -0.2) is 6.54 Å². The maximum absolute atomic E-state index is 13.7. The molecular formula is C15H17BrFNS. The maximum Gasteiger partial charge on any atom is 0.126 e. The first-order chi connectivity index (χ1) is 9.02. The van der Waals surface area contributed by atoms with E-state index in [1.54, 1.807) is 24.3 Å². The van der Waals surface area contributed by atoms with Crippen molar-refractivity contribution in [2.24, 2.45) is 0 Å². The number of benzene rings is 1. The van der Waals surface area contributed by atoms with E-state index in [0.717, 1.165) is 15.9 Å². The number of thiophene rings is 1. The van der Waals surface area contributed by atoms with Crippen molar-refractivity contribution in [3.8, 4) is 0 Å². The second kappa shape index (κ2) is 6.16. The van der Waals surface area contributed by atoms with Crippen LogP contribution in [0, 0.1) is 19.7 Å².